The van der Waals surface area contributed by atoms with Gasteiger partial charge in [-0.3, -0.25) is 24.1 Å². The van der Waals surface area contributed by atoms with Gasteiger partial charge in [0.05, 0.1) is 12.1 Å². The quantitative estimate of drug-likeness (QED) is 0.298. The summed E-state index contributed by atoms with van der Waals surface area (Å²) < 4.78 is 0. The number of likely N-dealkylation sites (N-methyl/N-ethyl adjacent to an activating group) is 1. The Hall–Kier alpha value is -2.42. The molecule has 3 fully saturated rings. The molecule has 2 heterocycles. The maximum absolute atomic E-state index is 14.2. The molecule has 1 aliphatic carbocycles. The SMILES string of the molecule is C/C(=C\[C@H](C(C)C)N(C)C(=O)[C@@H](NC(=O)[C@H]1CCCCN1C(C)C)C(C)(C)C)C(=O)N1CCC[C@H]1C(=O)N[C@@H](C)C1CCCCC1. The maximum atomic E-state index is 14.2. The average molecular weight is 644 g/mol. The van der Waals surface area contributed by atoms with Crippen LogP contribution in [0.3, 0.4) is 0 Å². The van der Waals surface area contributed by atoms with Gasteiger partial charge >= 0.3 is 0 Å². The van der Waals surface area contributed by atoms with E-state index in [1.54, 1.807) is 23.8 Å². The highest BCUT2D eigenvalue weighted by molar-refractivity contribution is 5.97. The van der Waals surface area contributed by atoms with E-state index >= 15 is 0 Å². The third kappa shape index (κ3) is 9.57. The van der Waals surface area contributed by atoms with Crippen molar-refractivity contribution in [3.05, 3.63) is 11.6 Å². The maximum Gasteiger partial charge on any atom is 0.249 e. The molecule has 3 rings (SSSR count). The third-order valence-electron chi connectivity index (χ3n) is 10.7. The fourth-order valence-corrected chi connectivity index (χ4v) is 7.75. The highest BCUT2D eigenvalue weighted by Gasteiger charge is 2.41. The third-order valence-corrected chi connectivity index (χ3v) is 10.7. The van der Waals surface area contributed by atoms with Crippen LogP contribution in [0.4, 0.5) is 0 Å². The molecule has 0 unspecified atom stereocenters. The zero-order valence-corrected chi connectivity index (χ0v) is 30.7. The molecule has 2 N–H and O–H groups in total. The van der Waals surface area contributed by atoms with Crippen LogP contribution in [0.5, 0.6) is 0 Å². The number of carbonyl (C=O) groups excluding carboxylic acids is 4. The molecular weight excluding hydrogens is 578 g/mol. The number of nitrogens with one attached hydrogen (secondary N) is 2. The lowest BCUT2D eigenvalue weighted by atomic mass is 9.84. The molecular formula is C37H65N5O4. The first-order valence-corrected chi connectivity index (χ1v) is 18.2. The number of amides is 4. The van der Waals surface area contributed by atoms with Crippen LogP contribution in [0.1, 0.15) is 127 Å². The molecule has 0 spiro atoms. The van der Waals surface area contributed by atoms with Crippen LogP contribution < -0.4 is 10.6 Å². The zero-order valence-electron chi connectivity index (χ0n) is 30.7. The molecule has 46 heavy (non-hydrogen) atoms. The van der Waals surface area contributed by atoms with E-state index in [1.807, 2.05) is 40.7 Å². The minimum Gasteiger partial charge on any atom is -0.352 e. The standard InChI is InChI=1S/C37H65N5O4/c1-24(2)31(40(10)36(46)32(37(7,8)9)39-34(44)29-19-14-15-21-41(29)25(3)4)23-26(5)35(45)42-22-16-20-30(42)33(43)38-27(6)28-17-12-11-13-18-28/h23-25,27-32H,11-22H2,1-10H3,(H,38,43)(H,39,44)/b26-23+/t27-,29+,30-,31+,32+/m0/s1. The Morgan fingerprint density at radius 2 is 1.37 bits per heavy atom. The molecule has 2 saturated heterocycles. The Labute approximate surface area is 279 Å². The zero-order chi connectivity index (χ0) is 34.3. The van der Waals surface area contributed by atoms with E-state index in [0.717, 1.165) is 45.1 Å². The summed E-state index contributed by atoms with van der Waals surface area (Å²) in [5, 5.41) is 6.39. The van der Waals surface area contributed by atoms with Gasteiger partial charge in [-0.1, -0.05) is 66.4 Å². The molecule has 2 aliphatic heterocycles. The van der Waals surface area contributed by atoms with Gasteiger partial charge in [0.2, 0.25) is 23.6 Å². The molecule has 0 radical (unpaired) electrons. The second kappa shape index (κ2) is 16.6. The van der Waals surface area contributed by atoms with Crippen molar-refractivity contribution >= 4 is 23.6 Å². The van der Waals surface area contributed by atoms with E-state index in [4.69, 9.17) is 0 Å². The van der Waals surface area contributed by atoms with Crippen molar-refractivity contribution in [2.24, 2.45) is 17.3 Å². The van der Waals surface area contributed by atoms with E-state index in [1.165, 1.54) is 19.3 Å². The summed E-state index contributed by atoms with van der Waals surface area (Å²) in [6, 6.07) is -1.43. The summed E-state index contributed by atoms with van der Waals surface area (Å²) in [6.07, 6.45) is 12.2. The predicted octanol–water partition coefficient (Wildman–Crippen LogP) is 5.29. The second-order valence-corrected chi connectivity index (χ2v) is 16.0. The number of hydrogen-bond donors (Lipinski definition) is 2. The first kappa shape index (κ1) is 38.0. The molecule has 9 nitrogen and oxygen atoms in total. The number of hydrogen-bond acceptors (Lipinski definition) is 5. The fraction of sp³-hybridized carbons (Fsp3) is 0.838. The molecule has 1 saturated carbocycles. The van der Waals surface area contributed by atoms with Crippen molar-refractivity contribution < 1.29 is 19.2 Å². The summed E-state index contributed by atoms with van der Waals surface area (Å²) >= 11 is 0. The van der Waals surface area contributed by atoms with Gasteiger partial charge < -0.3 is 20.4 Å². The summed E-state index contributed by atoms with van der Waals surface area (Å²) in [4.78, 5) is 60.7. The summed E-state index contributed by atoms with van der Waals surface area (Å²) in [7, 11) is 1.77. The Balaban J connectivity index is 1.74. The van der Waals surface area contributed by atoms with E-state index in [2.05, 4.69) is 36.3 Å². The van der Waals surface area contributed by atoms with Gasteiger partial charge in [-0.05, 0) is 90.0 Å². The van der Waals surface area contributed by atoms with Crippen molar-refractivity contribution in [3.63, 3.8) is 0 Å². The Morgan fingerprint density at radius 1 is 0.783 bits per heavy atom. The molecule has 0 aromatic rings. The summed E-state index contributed by atoms with van der Waals surface area (Å²) in [6.45, 7) is 19.6. The van der Waals surface area contributed by atoms with Gasteiger partial charge in [-0.15, -0.1) is 0 Å². The molecule has 262 valence electrons. The lowest BCUT2D eigenvalue weighted by Crippen LogP contribution is -2.60. The molecule has 9 heteroatoms. The fourth-order valence-electron chi connectivity index (χ4n) is 7.75. The van der Waals surface area contributed by atoms with Gasteiger partial charge in [0.25, 0.3) is 0 Å². The van der Waals surface area contributed by atoms with Gasteiger partial charge in [0, 0.05) is 31.2 Å². The van der Waals surface area contributed by atoms with E-state index < -0.39 is 17.5 Å². The van der Waals surface area contributed by atoms with Gasteiger partial charge in [-0.2, -0.15) is 0 Å². The summed E-state index contributed by atoms with van der Waals surface area (Å²) in [5.41, 5.74) is 0.0174. The van der Waals surface area contributed by atoms with E-state index in [0.29, 0.717) is 24.5 Å². The van der Waals surface area contributed by atoms with Gasteiger partial charge in [0.15, 0.2) is 0 Å². The van der Waals surface area contributed by atoms with Crippen molar-refractivity contribution in [1.82, 2.24) is 25.3 Å². The number of piperidine rings is 1. The van der Waals surface area contributed by atoms with Crippen LogP contribution in [-0.4, -0.2) is 94.7 Å². The normalized spacial score (nSPS) is 24.1. The van der Waals surface area contributed by atoms with E-state index in [-0.39, 0.29) is 53.7 Å². The van der Waals surface area contributed by atoms with Crippen molar-refractivity contribution in [2.75, 3.05) is 20.1 Å². The first-order chi connectivity index (χ1) is 21.5. The van der Waals surface area contributed by atoms with Crippen LogP contribution in [0.2, 0.25) is 0 Å². The summed E-state index contributed by atoms with van der Waals surface area (Å²) in [5.74, 6) is 0.0656. The smallest absolute Gasteiger partial charge is 0.249 e. The van der Waals surface area contributed by atoms with Gasteiger partial charge in [-0.25, -0.2) is 0 Å². The predicted molar refractivity (Wildman–Crippen MR) is 185 cm³/mol. The minimum absolute atomic E-state index is 0.0248. The van der Waals surface area contributed by atoms with Crippen molar-refractivity contribution in [3.8, 4) is 0 Å². The molecule has 5 atom stereocenters. The molecule has 0 aromatic heterocycles. The largest absolute Gasteiger partial charge is 0.352 e. The monoisotopic (exact) mass is 644 g/mol. The molecule has 3 aliphatic rings. The minimum atomic E-state index is -0.718. The van der Waals surface area contributed by atoms with Crippen LogP contribution in [0.15, 0.2) is 11.6 Å². The topological polar surface area (TPSA) is 102 Å². The first-order valence-electron chi connectivity index (χ1n) is 18.2. The highest BCUT2D eigenvalue weighted by Crippen LogP contribution is 2.29. The van der Waals surface area contributed by atoms with Crippen LogP contribution in [0, 0.1) is 17.3 Å². The molecule has 0 bridgehead atoms. The Bertz CT molecular complexity index is 1090. The lowest BCUT2D eigenvalue weighted by Gasteiger charge is -2.41. The molecule has 0 aromatic carbocycles. The second-order valence-electron chi connectivity index (χ2n) is 16.0. The van der Waals surface area contributed by atoms with Crippen LogP contribution in [0.25, 0.3) is 0 Å². The van der Waals surface area contributed by atoms with Crippen LogP contribution in [-0.2, 0) is 19.2 Å². The number of carbonyl (C=O) groups is 4. The lowest BCUT2D eigenvalue weighted by molar-refractivity contribution is -0.142. The van der Waals surface area contributed by atoms with Crippen molar-refractivity contribution in [1.29, 1.82) is 0 Å². The molecule has 4 amide bonds. The van der Waals surface area contributed by atoms with E-state index in [9.17, 15) is 19.2 Å². The van der Waals surface area contributed by atoms with Gasteiger partial charge in [0.1, 0.15) is 12.1 Å². The number of rotatable bonds is 11. The number of nitrogens with zero attached hydrogens (tertiary/aromatic N) is 3. The van der Waals surface area contributed by atoms with Crippen LogP contribution >= 0.6 is 0 Å². The Morgan fingerprint density at radius 3 is 1.96 bits per heavy atom. The van der Waals surface area contributed by atoms with Crippen molar-refractivity contribution in [2.45, 2.75) is 163 Å². The number of likely N-dealkylation sites (tertiary alicyclic amines) is 2. The highest BCUT2D eigenvalue weighted by atomic mass is 16.2. The Kier molecular flexibility index (Phi) is 13.7. The average Bonchev–Trinajstić information content (AvgIpc) is 3.51.